The highest BCUT2D eigenvalue weighted by atomic mass is 35.5. The fourth-order valence-corrected chi connectivity index (χ4v) is 3.77. The van der Waals surface area contributed by atoms with Gasteiger partial charge in [-0.1, -0.05) is 18.2 Å². The Balaban J connectivity index is 0.00000171. The number of hydrogen-bond acceptors (Lipinski definition) is 5. The predicted molar refractivity (Wildman–Crippen MR) is 128 cm³/mol. The van der Waals surface area contributed by atoms with Gasteiger partial charge in [0, 0.05) is 30.1 Å². The highest BCUT2D eigenvalue weighted by Gasteiger charge is 2.24. The summed E-state index contributed by atoms with van der Waals surface area (Å²) in [6, 6.07) is 15.4. The molecule has 166 valence electrons. The van der Waals surface area contributed by atoms with E-state index in [0.29, 0.717) is 30.2 Å². The minimum absolute atomic E-state index is 0. The van der Waals surface area contributed by atoms with Crippen LogP contribution in [-0.4, -0.2) is 49.1 Å². The van der Waals surface area contributed by atoms with Gasteiger partial charge in [0.1, 0.15) is 0 Å². The summed E-state index contributed by atoms with van der Waals surface area (Å²) in [6.45, 7) is 1.37. The number of para-hydroxylation sites is 1. The number of carbonyl (C=O) groups excluding carboxylic acids is 1. The molecule has 1 aromatic heterocycles. The van der Waals surface area contributed by atoms with Gasteiger partial charge in [0.25, 0.3) is 5.91 Å². The van der Waals surface area contributed by atoms with Crippen LogP contribution in [0.3, 0.4) is 0 Å². The number of nitrogens with zero attached hydrogens (tertiary/aromatic N) is 2. The lowest BCUT2D eigenvalue weighted by molar-refractivity contribution is 0.0716. The van der Waals surface area contributed by atoms with E-state index in [0.717, 1.165) is 35.0 Å². The molecule has 31 heavy (non-hydrogen) atoms. The number of hydrogen-bond donors (Lipinski definition) is 1. The van der Waals surface area contributed by atoms with E-state index in [1.54, 1.807) is 14.2 Å². The molecule has 6 nitrogen and oxygen atoms in total. The fraction of sp³-hybridized carbons (Fsp3) is 0.304. The number of carbonyl (C=O) groups is 1. The molecule has 3 aromatic rings. The maximum atomic E-state index is 13.3. The Morgan fingerprint density at radius 2 is 1.68 bits per heavy atom. The fourth-order valence-electron chi connectivity index (χ4n) is 3.77. The zero-order valence-electron chi connectivity index (χ0n) is 17.5. The third kappa shape index (κ3) is 5.03. The summed E-state index contributed by atoms with van der Waals surface area (Å²) < 4.78 is 10.8. The van der Waals surface area contributed by atoms with Gasteiger partial charge in [-0.05, 0) is 43.2 Å². The molecular formula is C23H27Cl2N3O3. The number of pyridine rings is 1. The van der Waals surface area contributed by atoms with Crippen LogP contribution in [0.2, 0.25) is 0 Å². The average molecular weight is 464 g/mol. The second-order valence-corrected chi connectivity index (χ2v) is 7.27. The molecule has 2 heterocycles. The maximum Gasteiger partial charge on any atom is 0.254 e. The summed E-state index contributed by atoms with van der Waals surface area (Å²) in [5.41, 5.74) is 9.05. The molecule has 8 heteroatoms. The second kappa shape index (κ2) is 10.7. The summed E-state index contributed by atoms with van der Waals surface area (Å²) >= 11 is 0. The van der Waals surface area contributed by atoms with Crippen LogP contribution >= 0.6 is 24.8 Å². The molecular weight excluding hydrogens is 437 g/mol. The molecule has 0 atom stereocenters. The highest BCUT2D eigenvalue weighted by Crippen LogP contribution is 2.33. The first kappa shape index (κ1) is 24.7. The van der Waals surface area contributed by atoms with Gasteiger partial charge in [0.2, 0.25) is 0 Å². The Morgan fingerprint density at radius 3 is 2.35 bits per heavy atom. The Bertz CT molecular complexity index is 1050. The van der Waals surface area contributed by atoms with Gasteiger partial charge in [0.05, 0.1) is 31.0 Å². The van der Waals surface area contributed by atoms with Gasteiger partial charge in [-0.25, -0.2) is 4.98 Å². The van der Waals surface area contributed by atoms with E-state index < -0.39 is 0 Å². The Labute approximate surface area is 194 Å². The van der Waals surface area contributed by atoms with Crippen LogP contribution in [0.1, 0.15) is 23.2 Å². The molecule has 0 bridgehead atoms. The number of methoxy groups -OCH3 is 2. The molecule has 0 unspecified atom stereocenters. The summed E-state index contributed by atoms with van der Waals surface area (Å²) in [6.07, 6.45) is 1.66. The normalized spacial score (nSPS) is 13.8. The van der Waals surface area contributed by atoms with E-state index >= 15 is 0 Å². The van der Waals surface area contributed by atoms with Crippen molar-refractivity contribution in [2.45, 2.75) is 18.9 Å². The Kier molecular flexibility index (Phi) is 8.51. The van der Waals surface area contributed by atoms with Crippen LogP contribution in [0.25, 0.3) is 22.2 Å². The third-order valence-corrected chi connectivity index (χ3v) is 5.45. The van der Waals surface area contributed by atoms with Crippen molar-refractivity contribution in [3.05, 3.63) is 54.1 Å². The first-order valence-corrected chi connectivity index (χ1v) is 9.77. The lowest BCUT2D eigenvalue weighted by Gasteiger charge is -2.30. The molecule has 1 saturated heterocycles. The van der Waals surface area contributed by atoms with E-state index in [1.165, 1.54) is 0 Å². The summed E-state index contributed by atoms with van der Waals surface area (Å²) in [4.78, 5) is 20.0. The molecule has 1 fully saturated rings. The number of rotatable bonds is 4. The molecule has 0 spiro atoms. The first-order valence-electron chi connectivity index (χ1n) is 9.77. The molecule has 2 N–H and O–H groups in total. The van der Waals surface area contributed by atoms with Gasteiger partial charge in [0.15, 0.2) is 11.5 Å². The molecule has 1 aliphatic heterocycles. The number of likely N-dealkylation sites (tertiary alicyclic amines) is 1. The first-order chi connectivity index (χ1) is 14.1. The van der Waals surface area contributed by atoms with E-state index in [1.807, 2.05) is 53.4 Å². The topological polar surface area (TPSA) is 77.7 Å². The van der Waals surface area contributed by atoms with Crippen LogP contribution in [-0.2, 0) is 0 Å². The largest absolute Gasteiger partial charge is 0.493 e. The Hall–Kier alpha value is -2.54. The van der Waals surface area contributed by atoms with Crippen molar-refractivity contribution in [2.75, 3.05) is 27.3 Å². The highest BCUT2D eigenvalue weighted by molar-refractivity contribution is 6.07. The number of fused-ring (bicyclic) bond motifs is 1. The molecule has 0 radical (unpaired) electrons. The van der Waals surface area contributed by atoms with Crippen LogP contribution < -0.4 is 15.2 Å². The second-order valence-electron chi connectivity index (χ2n) is 7.27. The van der Waals surface area contributed by atoms with Crippen molar-refractivity contribution in [1.29, 1.82) is 0 Å². The number of aromatic nitrogens is 1. The zero-order valence-corrected chi connectivity index (χ0v) is 19.2. The van der Waals surface area contributed by atoms with Gasteiger partial charge < -0.3 is 20.1 Å². The van der Waals surface area contributed by atoms with Crippen LogP contribution in [0, 0.1) is 0 Å². The minimum atomic E-state index is 0. The van der Waals surface area contributed by atoms with Crippen molar-refractivity contribution in [3.63, 3.8) is 0 Å². The molecule has 4 rings (SSSR count). The van der Waals surface area contributed by atoms with Gasteiger partial charge in [-0.3, -0.25) is 4.79 Å². The number of nitrogens with two attached hydrogens (primary N) is 1. The van der Waals surface area contributed by atoms with Crippen molar-refractivity contribution < 1.29 is 14.3 Å². The van der Waals surface area contributed by atoms with Crippen molar-refractivity contribution in [3.8, 4) is 22.8 Å². The molecule has 0 saturated carbocycles. The van der Waals surface area contributed by atoms with E-state index in [-0.39, 0.29) is 36.8 Å². The Morgan fingerprint density at radius 1 is 1.00 bits per heavy atom. The van der Waals surface area contributed by atoms with Gasteiger partial charge >= 0.3 is 0 Å². The van der Waals surface area contributed by atoms with Gasteiger partial charge in [-0.2, -0.15) is 0 Å². The number of amides is 1. The van der Waals surface area contributed by atoms with Gasteiger partial charge in [-0.15, -0.1) is 24.8 Å². The van der Waals surface area contributed by atoms with E-state index in [2.05, 4.69) is 0 Å². The SMILES string of the molecule is COc1ccc(-c2cc(C(=O)N3CCC(N)CC3)c3ccccc3n2)cc1OC.Cl.Cl. The lowest BCUT2D eigenvalue weighted by Crippen LogP contribution is -2.42. The predicted octanol–water partition coefficient (Wildman–Crippen LogP) is 4.33. The molecule has 0 aliphatic carbocycles. The maximum absolute atomic E-state index is 13.3. The number of piperidine rings is 1. The summed E-state index contributed by atoms with van der Waals surface area (Å²) in [5, 5.41) is 0.858. The lowest BCUT2D eigenvalue weighted by atomic mass is 10.0. The average Bonchev–Trinajstić information content (AvgIpc) is 2.77. The minimum Gasteiger partial charge on any atom is -0.493 e. The standard InChI is InChI=1S/C23H25N3O3.2ClH/c1-28-21-8-7-15(13-22(21)29-2)20-14-18(17-5-3-4-6-19(17)25-20)23(27)26-11-9-16(24)10-12-26;;/h3-8,13-14,16H,9-12,24H2,1-2H3;2*1H. The molecule has 1 amide bonds. The number of ether oxygens (including phenoxy) is 2. The summed E-state index contributed by atoms with van der Waals surface area (Å²) in [5.74, 6) is 1.30. The smallest absolute Gasteiger partial charge is 0.254 e. The van der Waals surface area contributed by atoms with Crippen LogP contribution in [0.4, 0.5) is 0 Å². The van der Waals surface area contributed by atoms with E-state index in [4.69, 9.17) is 20.2 Å². The number of halogens is 2. The van der Waals surface area contributed by atoms with E-state index in [9.17, 15) is 4.79 Å². The molecule has 2 aromatic carbocycles. The number of benzene rings is 2. The monoisotopic (exact) mass is 463 g/mol. The zero-order chi connectivity index (χ0) is 20.4. The van der Waals surface area contributed by atoms with Crippen molar-refractivity contribution in [1.82, 2.24) is 9.88 Å². The van der Waals surface area contributed by atoms with Crippen LogP contribution in [0.15, 0.2) is 48.5 Å². The van der Waals surface area contributed by atoms with Crippen molar-refractivity contribution in [2.24, 2.45) is 5.73 Å². The van der Waals surface area contributed by atoms with Crippen molar-refractivity contribution >= 4 is 41.6 Å². The summed E-state index contributed by atoms with van der Waals surface area (Å²) in [7, 11) is 3.21. The quantitative estimate of drug-likeness (QED) is 0.622. The molecule has 1 aliphatic rings. The third-order valence-electron chi connectivity index (χ3n) is 5.45. The van der Waals surface area contributed by atoms with Crippen LogP contribution in [0.5, 0.6) is 11.5 Å².